The van der Waals surface area contributed by atoms with Crippen molar-refractivity contribution in [1.29, 1.82) is 0 Å². The van der Waals surface area contributed by atoms with Gasteiger partial charge in [-0.15, -0.1) is 0 Å². The number of benzene rings is 2. The van der Waals surface area contributed by atoms with Gasteiger partial charge in [-0.1, -0.05) is 18.8 Å². The normalized spacial score (nSPS) is 10.6. The molecule has 0 aliphatic rings. The Hall–Kier alpha value is -3.92. The Morgan fingerprint density at radius 2 is 1.90 bits per heavy atom. The fourth-order valence-electron chi connectivity index (χ4n) is 2.96. The standard InChI is InChI=1S/C23H19FN4O2/c1-2-13-28-15-25-22-20(23(28)29)26-21(27-22)17-7-11-19(12-8-17)30-14-3-4-16-5-9-18(24)10-6-16/h5-12,15H,2,13-14H2,1H3,(H,26,27). The van der Waals surface area contributed by atoms with Crippen LogP contribution in [0.1, 0.15) is 18.9 Å². The van der Waals surface area contributed by atoms with Gasteiger partial charge >= 0.3 is 0 Å². The van der Waals surface area contributed by atoms with Crippen LogP contribution in [0.25, 0.3) is 22.6 Å². The number of aryl methyl sites for hydroxylation is 1. The van der Waals surface area contributed by atoms with Crippen LogP contribution in [0.3, 0.4) is 0 Å². The highest BCUT2D eigenvalue weighted by Crippen LogP contribution is 2.21. The molecule has 1 N–H and O–H groups in total. The lowest BCUT2D eigenvalue weighted by molar-refractivity contribution is 0.370. The molecule has 0 saturated heterocycles. The molecule has 0 fully saturated rings. The maximum atomic E-state index is 12.9. The van der Waals surface area contributed by atoms with Gasteiger partial charge in [0.1, 0.15) is 30.3 Å². The number of H-pyrrole nitrogens is 1. The molecule has 0 saturated carbocycles. The Balaban J connectivity index is 1.45. The molecule has 4 aromatic rings. The molecule has 2 heterocycles. The van der Waals surface area contributed by atoms with E-state index in [2.05, 4.69) is 26.8 Å². The molecule has 0 spiro atoms. The van der Waals surface area contributed by atoms with Crippen molar-refractivity contribution in [2.24, 2.45) is 0 Å². The van der Waals surface area contributed by atoms with Gasteiger partial charge in [0, 0.05) is 17.7 Å². The number of ether oxygens (including phenoxy) is 1. The SMILES string of the molecule is CCCn1cnc2nc(-c3ccc(OCC#Cc4ccc(F)cc4)cc3)[nH]c2c1=O. The molecular weight excluding hydrogens is 383 g/mol. The average Bonchev–Trinajstić information content (AvgIpc) is 3.20. The maximum absolute atomic E-state index is 12.9. The van der Waals surface area contributed by atoms with Crippen LogP contribution in [0.15, 0.2) is 59.7 Å². The number of hydrogen-bond acceptors (Lipinski definition) is 4. The van der Waals surface area contributed by atoms with Crippen LogP contribution < -0.4 is 10.3 Å². The Kier molecular flexibility index (Phi) is 5.57. The largest absolute Gasteiger partial charge is 0.481 e. The first-order valence-corrected chi connectivity index (χ1v) is 9.57. The molecule has 150 valence electrons. The van der Waals surface area contributed by atoms with E-state index in [1.807, 2.05) is 31.2 Å². The lowest BCUT2D eigenvalue weighted by atomic mass is 10.2. The molecule has 0 aliphatic heterocycles. The van der Waals surface area contributed by atoms with E-state index in [9.17, 15) is 9.18 Å². The fraction of sp³-hybridized carbons (Fsp3) is 0.174. The van der Waals surface area contributed by atoms with Crippen LogP contribution in [0.2, 0.25) is 0 Å². The summed E-state index contributed by atoms with van der Waals surface area (Å²) in [6, 6.07) is 13.3. The summed E-state index contributed by atoms with van der Waals surface area (Å²) in [6.07, 6.45) is 2.38. The van der Waals surface area contributed by atoms with E-state index < -0.39 is 0 Å². The summed E-state index contributed by atoms with van der Waals surface area (Å²) in [5.41, 5.74) is 2.22. The Morgan fingerprint density at radius 1 is 1.13 bits per heavy atom. The third-order valence-electron chi connectivity index (χ3n) is 4.46. The molecule has 30 heavy (non-hydrogen) atoms. The first-order valence-electron chi connectivity index (χ1n) is 9.57. The summed E-state index contributed by atoms with van der Waals surface area (Å²) >= 11 is 0. The summed E-state index contributed by atoms with van der Waals surface area (Å²) in [5.74, 6) is 6.76. The number of aromatic amines is 1. The maximum Gasteiger partial charge on any atom is 0.279 e. The molecule has 0 bridgehead atoms. The van der Waals surface area contributed by atoms with E-state index in [1.54, 1.807) is 16.7 Å². The molecule has 0 amide bonds. The second-order valence-electron chi connectivity index (χ2n) is 6.65. The van der Waals surface area contributed by atoms with Crippen molar-refractivity contribution < 1.29 is 9.13 Å². The quantitative estimate of drug-likeness (QED) is 0.516. The number of nitrogens with one attached hydrogen (secondary N) is 1. The van der Waals surface area contributed by atoms with Gasteiger partial charge in [0.25, 0.3) is 5.56 Å². The van der Waals surface area contributed by atoms with Crippen LogP contribution in [-0.4, -0.2) is 26.1 Å². The number of hydrogen-bond donors (Lipinski definition) is 1. The fourth-order valence-corrected chi connectivity index (χ4v) is 2.96. The number of nitrogens with zero attached hydrogens (tertiary/aromatic N) is 3. The molecule has 0 atom stereocenters. The van der Waals surface area contributed by atoms with Crippen LogP contribution in [0.4, 0.5) is 4.39 Å². The van der Waals surface area contributed by atoms with Crippen LogP contribution >= 0.6 is 0 Å². The highest BCUT2D eigenvalue weighted by atomic mass is 19.1. The number of halogens is 1. The first-order chi connectivity index (χ1) is 14.6. The lowest BCUT2D eigenvalue weighted by Gasteiger charge is -2.02. The zero-order valence-electron chi connectivity index (χ0n) is 16.4. The monoisotopic (exact) mass is 402 g/mol. The molecule has 0 unspecified atom stereocenters. The smallest absolute Gasteiger partial charge is 0.279 e. The molecule has 0 radical (unpaired) electrons. The van der Waals surface area contributed by atoms with Gasteiger partial charge in [-0.3, -0.25) is 9.36 Å². The molecule has 0 aliphatic carbocycles. The summed E-state index contributed by atoms with van der Waals surface area (Å²) in [7, 11) is 0. The zero-order chi connectivity index (χ0) is 20.9. The summed E-state index contributed by atoms with van der Waals surface area (Å²) in [5, 5.41) is 0. The molecule has 2 aromatic carbocycles. The van der Waals surface area contributed by atoms with Crippen molar-refractivity contribution >= 4 is 11.2 Å². The minimum absolute atomic E-state index is 0.125. The lowest BCUT2D eigenvalue weighted by Crippen LogP contribution is -2.20. The minimum atomic E-state index is -0.288. The van der Waals surface area contributed by atoms with Crippen LogP contribution in [0.5, 0.6) is 5.75 Å². The van der Waals surface area contributed by atoms with Gasteiger partial charge < -0.3 is 9.72 Å². The molecule has 4 rings (SSSR count). The third-order valence-corrected chi connectivity index (χ3v) is 4.46. The van der Waals surface area contributed by atoms with Crippen molar-refractivity contribution in [2.75, 3.05) is 6.61 Å². The highest BCUT2D eigenvalue weighted by Gasteiger charge is 2.11. The van der Waals surface area contributed by atoms with Crippen LogP contribution in [0, 0.1) is 17.7 Å². The van der Waals surface area contributed by atoms with E-state index in [0.717, 1.165) is 17.5 Å². The molecular formula is C23H19FN4O2. The summed E-state index contributed by atoms with van der Waals surface area (Å²) < 4.78 is 20.1. The van der Waals surface area contributed by atoms with Crippen molar-refractivity contribution in [3.8, 4) is 29.0 Å². The van der Waals surface area contributed by atoms with Gasteiger partial charge in [0.15, 0.2) is 11.2 Å². The second kappa shape index (κ2) is 8.62. The predicted molar refractivity (Wildman–Crippen MR) is 113 cm³/mol. The van der Waals surface area contributed by atoms with Gasteiger partial charge in [-0.25, -0.2) is 14.4 Å². The zero-order valence-corrected chi connectivity index (χ0v) is 16.4. The molecule has 6 nitrogen and oxygen atoms in total. The van der Waals surface area contributed by atoms with Crippen molar-refractivity contribution in [3.63, 3.8) is 0 Å². The summed E-state index contributed by atoms with van der Waals surface area (Å²) in [4.78, 5) is 24.2. The van der Waals surface area contributed by atoms with Gasteiger partial charge in [-0.05, 0) is 55.0 Å². The number of rotatable bonds is 5. The average molecular weight is 402 g/mol. The minimum Gasteiger partial charge on any atom is -0.481 e. The third kappa shape index (κ3) is 4.23. The van der Waals surface area contributed by atoms with E-state index in [1.165, 1.54) is 18.5 Å². The first kappa shape index (κ1) is 19.4. The Morgan fingerprint density at radius 3 is 2.63 bits per heavy atom. The van der Waals surface area contributed by atoms with Crippen molar-refractivity contribution in [3.05, 3.63) is 76.6 Å². The molecule has 2 aromatic heterocycles. The van der Waals surface area contributed by atoms with E-state index >= 15 is 0 Å². The second-order valence-corrected chi connectivity index (χ2v) is 6.65. The Bertz CT molecular complexity index is 1280. The van der Waals surface area contributed by atoms with Gasteiger partial charge in [0.05, 0.1) is 0 Å². The van der Waals surface area contributed by atoms with E-state index in [4.69, 9.17) is 4.74 Å². The highest BCUT2D eigenvalue weighted by molar-refractivity contribution is 5.74. The summed E-state index contributed by atoms with van der Waals surface area (Å²) in [6.45, 7) is 2.83. The topological polar surface area (TPSA) is 72.8 Å². The van der Waals surface area contributed by atoms with Gasteiger partial charge in [0.2, 0.25) is 0 Å². The predicted octanol–water partition coefficient (Wildman–Crippen LogP) is 3.77. The number of fused-ring (bicyclic) bond motifs is 1. The van der Waals surface area contributed by atoms with Crippen molar-refractivity contribution in [2.45, 2.75) is 19.9 Å². The Labute approximate surface area is 172 Å². The van der Waals surface area contributed by atoms with Crippen molar-refractivity contribution in [1.82, 2.24) is 19.5 Å². The van der Waals surface area contributed by atoms with Crippen LogP contribution in [-0.2, 0) is 6.54 Å². The van der Waals surface area contributed by atoms with Gasteiger partial charge in [-0.2, -0.15) is 0 Å². The molecule has 7 heteroatoms. The van der Waals surface area contributed by atoms with E-state index in [-0.39, 0.29) is 18.0 Å². The van der Waals surface area contributed by atoms with E-state index in [0.29, 0.717) is 29.3 Å². The number of aromatic nitrogens is 4. The number of imidazole rings is 1.